The number of hydrogen-bond acceptors (Lipinski definition) is 6. The van der Waals surface area contributed by atoms with Crippen molar-refractivity contribution in [2.24, 2.45) is 0 Å². The van der Waals surface area contributed by atoms with Crippen molar-refractivity contribution in [1.29, 1.82) is 0 Å². The molecule has 6 heteroatoms. The molecule has 0 spiro atoms. The van der Waals surface area contributed by atoms with E-state index in [1.54, 1.807) is 6.20 Å². The molecule has 0 aliphatic rings. The third-order valence-corrected chi connectivity index (χ3v) is 3.92. The van der Waals surface area contributed by atoms with Gasteiger partial charge in [0.25, 0.3) is 0 Å². The highest BCUT2D eigenvalue weighted by Gasteiger charge is 2.11. The van der Waals surface area contributed by atoms with Gasteiger partial charge in [0.2, 0.25) is 11.8 Å². The number of ether oxygens (including phenoxy) is 1. The van der Waals surface area contributed by atoms with E-state index in [1.807, 2.05) is 41.8 Å². The van der Waals surface area contributed by atoms with Crippen LogP contribution in [0.15, 0.2) is 48.0 Å². The van der Waals surface area contributed by atoms with Crippen LogP contribution in [-0.2, 0) is 0 Å². The van der Waals surface area contributed by atoms with Crippen molar-refractivity contribution in [1.82, 2.24) is 15.0 Å². The number of fused-ring (bicyclic) bond motifs is 2. The fourth-order valence-corrected chi connectivity index (χ4v) is 2.95. The second-order valence-corrected chi connectivity index (χ2v) is 5.35. The SMILES string of the molecule is Nc1nc(Oc2cccc3cccnc23)c2ccsc2n1. The summed E-state index contributed by atoms with van der Waals surface area (Å²) in [5.74, 6) is 1.31. The van der Waals surface area contributed by atoms with E-state index in [0.29, 0.717) is 11.6 Å². The number of pyridine rings is 1. The van der Waals surface area contributed by atoms with Gasteiger partial charge in [0.05, 0.1) is 5.39 Å². The number of nitrogen functional groups attached to an aromatic ring is 1. The van der Waals surface area contributed by atoms with E-state index in [0.717, 1.165) is 21.1 Å². The monoisotopic (exact) mass is 294 g/mol. The van der Waals surface area contributed by atoms with Crippen LogP contribution in [0.2, 0.25) is 0 Å². The maximum absolute atomic E-state index is 5.96. The third-order valence-electron chi connectivity index (χ3n) is 3.11. The number of anilines is 1. The van der Waals surface area contributed by atoms with E-state index in [4.69, 9.17) is 10.5 Å². The van der Waals surface area contributed by atoms with E-state index >= 15 is 0 Å². The van der Waals surface area contributed by atoms with Crippen molar-refractivity contribution in [2.45, 2.75) is 0 Å². The number of aromatic nitrogens is 3. The molecule has 0 aliphatic heterocycles. The Morgan fingerprint density at radius 2 is 1.95 bits per heavy atom. The molecule has 1 aromatic carbocycles. The average molecular weight is 294 g/mol. The smallest absolute Gasteiger partial charge is 0.232 e. The Kier molecular flexibility index (Phi) is 2.68. The topological polar surface area (TPSA) is 73.9 Å². The highest BCUT2D eigenvalue weighted by molar-refractivity contribution is 7.16. The van der Waals surface area contributed by atoms with Crippen LogP contribution in [0.25, 0.3) is 21.1 Å². The molecule has 3 aromatic heterocycles. The fourth-order valence-electron chi connectivity index (χ4n) is 2.18. The molecule has 21 heavy (non-hydrogen) atoms. The summed E-state index contributed by atoms with van der Waals surface area (Å²) in [6, 6.07) is 11.6. The first-order chi connectivity index (χ1) is 10.3. The first-order valence-electron chi connectivity index (χ1n) is 6.33. The molecule has 5 nitrogen and oxygen atoms in total. The number of rotatable bonds is 2. The van der Waals surface area contributed by atoms with E-state index in [-0.39, 0.29) is 5.95 Å². The number of nitrogens with two attached hydrogens (primary N) is 1. The Labute approximate surface area is 124 Å². The maximum Gasteiger partial charge on any atom is 0.232 e. The van der Waals surface area contributed by atoms with Gasteiger partial charge in [0, 0.05) is 11.6 Å². The molecule has 0 atom stereocenters. The zero-order valence-corrected chi connectivity index (χ0v) is 11.7. The molecule has 3 heterocycles. The molecule has 2 N–H and O–H groups in total. The van der Waals surface area contributed by atoms with Crippen molar-refractivity contribution in [2.75, 3.05) is 5.73 Å². The lowest BCUT2D eigenvalue weighted by Gasteiger charge is -2.08. The Morgan fingerprint density at radius 1 is 1.05 bits per heavy atom. The summed E-state index contributed by atoms with van der Waals surface area (Å²) >= 11 is 1.50. The van der Waals surface area contributed by atoms with Crippen LogP contribution in [0.3, 0.4) is 0 Å². The molecular formula is C15H10N4OS. The number of hydrogen-bond donors (Lipinski definition) is 1. The summed E-state index contributed by atoms with van der Waals surface area (Å²) < 4.78 is 5.96. The predicted molar refractivity (Wildman–Crippen MR) is 83.6 cm³/mol. The predicted octanol–water partition coefficient (Wildman–Crippen LogP) is 3.61. The summed E-state index contributed by atoms with van der Waals surface area (Å²) in [6.07, 6.45) is 1.74. The Bertz CT molecular complexity index is 945. The van der Waals surface area contributed by atoms with E-state index in [9.17, 15) is 0 Å². The van der Waals surface area contributed by atoms with Crippen molar-refractivity contribution in [3.63, 3.8) is 0 Å². The zero-order chi connectivity index (χ0) is 14.2. The molecule has 4 aromatic rings. The van der Waals surface area contributed by atoms with Gasteiger partial charge in [-0.15, -0.1) is 11.3 Å². The number of benzene rings is 1. The number of thiophene rings is 1. The average Bonchev–Trinajstić information content (AvgIpc) is 2.96. The lowest BCUT2D eigenvalue weighted by Crippen LogP contribution is -1.97. The van der Waals surface area contributed by atoms with Gasteiger partial charge >= 0.3 is 0 Å². The molecule has 0 saturated carbocycles. The minimum absolute atomic E-state index is 0.202. The van der Waals surface area contributed by atoms with Crippen molar-refractivity contribution in [3.8, 4) is 11.6 Å². The van der Waals surface area contributed by atoms with Gasteiger partial charge < -0.3 is 10.5 Å². The first kappa shape index (κ1) is 12.0. The largest absolute Gasteiger partial charge is 0.436 e. The summed E-state index contributed by atoms with van der Waals surface area (Å²) in [5, 5.41) is 3.80. The van der Waals surface area contributed by atoms with E-state index in [2.05, 4.69) is 15.0 Å². The highest BCUT2D eigenvalue weighted by atomic mass is 32.1. The molecule has 0 radical (unpaired) electrons. The Hall–Kier alpha value is -2.73. The molecule has 0 bridgehead atoms. The van der Waals surface area contributed by atoms with Gasteiger partial charge in [0.15, 0.2) is 5.75 Å². The third kappa shape index (κ3) is 2.05. The Morgan fingerprint density at radius 3 is 2.90 bits per heavy atom. The maximum atomic E-state index is 5.96. The highest BCUT2D eigenvalue weighted by Crippen LogP contribution is 2.33. The minimum atomic E-state index is 0.202. The van der Waals surface area contributed by atoms with Gasteiger partial charge in [-0.3, -0.25) is 4.98 Å². The summed E-state index contributed by atoms with van der Waals surface area (Å²) in [5.41, 5.74) is 6.53. The van der Waals surface area contributed by atoms with Gasteiger partial charge in [-0.25, -0.2) is 4.98 Å². The first-order valence-corrected chi connectivity index (χ1v) is 7.21. The van der Waals surface area contributed by atoms with Crippen LogP contribution in [-0.4, -0.2) is 15.0 Å². The molecule has 0 saturated heterocycles. The zero-order valence-electron chi connectivity index (χ0n) is 10.9. The van der Waals surface area contributed by atoms with Gasteiger partial charge in [0.1, 0.15) is 10.3 Å². The molecular weight excluding hydrogens is 284 g/mol. The lowest BCUT2D eigenvalue weighted by molar-refractivity contribution is 0.473. The normalized spacial score (nSPS) is 11.0. The van der Waals surface area contributed by atoms with Gasteiger partial charge in [-0.2, -0.15) is 4.98 Å². The molecule has 0 unspecified atom stereocenters. The van der Waals surface area contributed by atoms with Gasteiger partial charge in [-0.1, -0.05) is 18.2 Å². The molecule has 102 valence electrons. The Balaban J connectivity index is 1.89. The summed E-state index contributed by atoms with van der Waals surface area (Å²) in [4.78, 5) is 13.6. The van der Waals surface area contributed by atoms with E-state index < -0.39 is 0 Å². The van der Waals surface area contributed by atoms with Crippen molar-refractivity contribution in [3.05, 3.63) is 48.0 Å². The van der Waals surface area contributed by atoms with Crippen molar-refractivity contribution >= 4 is 38.4 Å². The standard InChI is InChI=1S/C15H10N4OS/c16-15-18-13(10-6-8-21-14(10)19-15)20-11-5-1-3-9-4-2-7-17-12(9)11/h1-8H,(H2,16,18,19). The van der Waals surface area contributed by atoms with Crippen LogP contribution in [0.5, 0.6) is 11.6 Å². The summed E-state index contributed by atoms with van der Waals surface area (Å²) in [6.45, 7) is 0. The molecule has 0 fully saturated rings. The molecule has 0 amide bonds. The minimum Gasteiger partial charge on any atom is -0.436 e. The molecule has 0 aliphatic carbocycles. The number of para-hydroxylation sites is 1. The molecule has 4 rings (SSSR count). The van der Waals surface area contributed by atoms with E-state index in [1.165, 1.54) is 11.3 Å². The van der Waals surface area contributed by atoms with Crippen LogP contribution in [0.4, 0.5) is 5.95 Å². The fraction of sp³-hybridized carbons (Fsp3) is 0. The van der Waals surface area contributed by atoms with Crippen LogP contribution < -0.4 is 10.5 Å². The second kappa shape index (κ2) is 4.68. The van der Waals surface area contributed by atoms with Crippen molar-refractivity contribution < 1.29 is 4.74 Å². The van der Waals surface area contributed by atoms with Crippen LogP contribution in [0.1, 0.15) is 0 Å². The van der Waals surface area contributed by atoms with Crippen LogP contribution >= 0.6 is 11.3 Å². The van der Waals surface area contributed by atoms with Gasteiger partial charge in [-0.05, 0) is 23.6 Å². The summed E-state index contributed by atoms with van der Waals surface area (Å²) in [7, 11) is 0. The second-order valence-electron chi connectivity index (χ2n) is 4.46. The van der Waals surface area contributed by atoms with Crippen LogP contribution in [0, 0.1) is 0 Å². The lowest BCUT2D eigenvalue weighted by atomic mass is 10.2. The number of nitrogens with zero attached hydrogens (tertiary/aromatic N) is 3. The quantitative estimate of drug-likeness (QED) is 0.611.